The molecule has 8 heteroatoms. The molecule has 0 amide bonds. The Morgan fingerprint density at radius 2 is 2.13 bits per heavy atom. The number of hydrogen-bond donors (Lipinski definition) is 1. The minimum absolute atomic E-state index is 0.0572. The normalized spacial score (nSPS) is 16.7. The summed E-state index contributed by atoms with van der Waals surface area (Å²) in [5.74, 6) is -1.17. The van der Waals surface area contributed by atoms with E-state index in [0.717, 1.165) is 4.24 Å². The number of rotatable bonds is 6. The molecule has 0 saturated heterocycles. The molecule has 4 nitrogen and oxygen atoms in total. The monoisotopic (exact) mass is 390 g/mol. The summed E-state index contributed by atoms with van der Waals surface area (Å²) < 4.78 is 6.05. The van der Waals surface area contributed by atoms with Crippen LogP contribution in [0.3, 0.4) is 0 Å². The number of fused-ring (bicyclic) bond motifs is 1. The fourth-order valence-corrected chi connectivity index (χ4v) is 3.70. The van der Waals surface area contributed by atoms with Gasteiger partial charge >= 0.3 is 5.97 Å². The molecule has 0 radical (unpaired) electrons. The van der Waals surface area contributed by atoms with Gasteiger partial charge in [0.2, 0.25) is 0 Å². The van der Waals surface area contributed by atoms with Crippen molar-refractivity contribution in [2.24, 2.45) is 0 Å². The quantitative estimate of drug-likeness (QED) is 0.563. The Kier molecular flexibility index (Phi) is 6.08. The minimum Gasteiger partial charge on any atom is -0.478 e. The zero-order chi connectivity index (χ0) is 17.1. The van der Waals surface area contributed by atoms with Crippen LogP contribution in [0.15, 0.2) is 28.4 Å². The number of halogens is 2. The standard InChI is InChI=1S/C15H12Cl2O4S2/c1-3-23-11(22-2)6-9(18)8-4-7-5-10(15(19)20)21-14(7)13(17)12(8)16/h3-4,6,10H,1,5H2,2H3,(H,19,20)/b11-6-. The van der Waals surface area contributed by atoms with Gasteiger partial charge in [-0.15, -0.1) is 11.8 Å². The highest BCUT2D eigenvalue weighted by molar-refractivity contribution is 8.23. The molecule has 1 aliphatic rings. The van der Waals surface area contributed by atoms with Gasteiger partial charge in [-0.3, -0.25) is 4.79 Å². The molecular formula is C15H12Cl2O4S2. The molecule has 0 aliphatic carbocycles. The number of ether oxygens (including phenoxy) is 1. The van der Waals surface area contributed by atoms with E-state index >= 15 is 0 Å². The number of carboxylic acids is 1. The lowest BCUT2D eigenvalue weighted by Crippen LogP contribution is -2.24. The van der Waals surface area contributed by atoms with Gasteiger partial charge in [-0.25, -0.2) is 4.79 Å². The van der Waals surface area contributed by atoms with Gasteiger partial charge in [0.15, 0.2) is 11.9 Å². The van der Waals surface area contributed by atoms with Crippen molar-refractivity contribution < 1.29 is 19.4 Å². The van der Waals surface area contributed by atoms with Crippen molar-refractivity contribution in [3.8, 4) is 5.75 Å². The number of hydrogen-bond acceptors (Lipinski definition) is 5. The van der Waals surface area contributed by atoms with E-state index in [1.54, 1.807) is 11.5 Å². The Bertz CT molecular complexity index is 716. The molecule has 1 heterocycles. The molecule has 0 bridgehead atoms. The molecule has 0 aromatic heterocycles. The number of carboxylic acid groups (broad SMARTS) is 1. The van der Waals surface area contributed by atoms with Crippen molar-refractivity contribution in [1.82, 2.24) is 0 Å². The van der Waals surface area contributed by atoms with Crippen LogP contribution in [0.1, 0.15) is 15.9 Å². The molecule has 122 valence electrons. The molecule has 1 aliphatic heterocycles. The van der Waals surface area contributed by atoms with Crippen LogP contribution in [0, 0.1) is 0 Å². The smallest absolute Gasteiger partial charge is 0.345 e. The topological polar surface area (TPSA) is 63.6 Å². The second-order valence-electron chi connectivity index (χ2n) is 4.51. The Balaban J connectivity index is 2.41. The summed E-state index contributed by atoms with van der Waals surface area (Å²) in [6.45, 7) is 3.61. The molecule has 0 fully saturated rings. The zero-order valence-corrected chi connectivity index (χ0v) is 15.1. The van der Waals surface area contributed by atoms with Gasteiger partial charge in [0.25, 0.3) is 0 Å². The van der Waals surface area contributed by atoms with Crippen LogP contribution in [0.4, 0.5) is 0 Å². The average molecular weight is 391 g/mol. The third kappa shape index (κ3) is 3.88. The van der Waals surface area contributed by atoms with E-state index in [4.69, 9.17) is 33.0 Å². The Labute approximate surface area is 151 Å². The van der Waals surface area contributed by atoms with E-state index < -0.39 is 12.1 Å². The fourth-order valence-electron chi connectivity index (χ4n) is 2.05. The molecule has 1 aromatic carbocycles. The third-order valence-corrected chi connectivity index (χ3v) is 5.77. The van der Waals surface area contributed by atoms with E-state index in [1.165, 1.54) is 29.6 Å². The van der Waals surface area contributed by atoms with Crippen molar-refractivity contribution in [2.45, 2.75) is 12.5 Å². The highest BCUT2D eigenvalue weighted by atomic mass is 35.5. The number of ketones is 1. The summed E-state index contributed by atoms with van der Waals surface area (Å²) in [5.41, 5.74) is 0.784. The highest BCUT2D eigenvalue weighted by Gasteiger charge is 2.33. The predicted molar refractivity (Wildman–Crippen MR) is 95.9 cm³/mol. The van der Waals surface area contributed by atoms with Gasteiger partial charge in [0.1, 0.15) is 10.8 Å². The van der Waals surface area contributed by atoms with Crippen molar-refractivity contribution in [3.05, 3.63) is 49.5 Å². The average Bonchev–Trinajstić information content (AvgIpc) is 2.94. The van der Waals surface area contributed by atoms with Crippen LogP contribution in [0.2, 0.25) is 10.0 Å². The maximum Gasteiger partial charge on any atom is 0.345 e. The lowest BCUT2D eigenvalue weighted by atomic mass is 10.0. The second kappa shape index (κ2) is 7.66. The summed E-state index contributed by atoms with van der Waals surface area (Å²) in [6, 6.07) is 1.54. The van der Waals surface area contributed by atoms with Crippen LogP contribution in [0.25, 0.3) is 0 Å². The first-order valence-corrected chi connectivity index (χ1v) is 9.23. The van der Waals surface area contributed by atoms with E-state index in [-0.39, 0.29) is 33.6 Å². The minimum atomic E-state index is -1.09. The predicted octanol–water partition coefficient (Wildman–Crippen LogP) is 4.65. The van der Waals surface area contributed by atoms with E-state index in [0.29, 0.717) is 5.56 Å². The summed E-state index contributed by atoms with van der Waals surface area (Å²) in [6.07, 6.45) is 2.42. The number of aliphatic carboxylic acids is 1. The highest BCUT2D eigenvalue weighted by Crippen LogP contribution is 2.43. The van der Waals surface area contributed by atoms with Crippen molar-refractivity contribution in [3.63, 3.8) is 0 Å². The molecule has 1 unspecified atom stereocenters. The maximum absolute atomic E-state index is 12.4. The van der Waals surface area contributed by atoms with Gasteiger partial charge < -0.3 is 9.84 Å². The summed E-state index contributed by atoms with van der Waals surface area (Å²) in [7, 11) is 0. The van der Waals surface area contributed by atoms with Crippen LogP contribution in [-0.4, -0.2) is 29.2 Å². The first-order chi connectivity index (χ1) is 10.9. The van der Waals surface area contributed by atoms with Gasteiger partial charge in [0, 0.05) is 27.9 Å². The number of carbonyl (C=O) groups is 2. The summed E-state index contributed by atoms with van der Waals surface area (Å²) in [4.78, 5) is 23.5. The lowest BCUT2D eigenvalue weighted by molar-refractivity contribution is -0.144. The molecule has 0 saturated carbocycles. The molecule has 1 atom stereocenters. The summed E-state index contributed by atoms with van der Waals surface area (Å²) >= 11 is 15.0. The third-order valence-electron chi connectivity index (χ3n) is 3.09. The Morgan fingerprint density at radius 1 is 1.43 bits per heavy atom. The number of thioether (sulfide) groups is 2. The Morgan fingerprint density at radius 3 is 2.70 bits per heavy atom. The van der Waals surface area contributed by atoms with Crippen LogP contribution in [-0.2, 0) is 11.2 Å². The van der Waals surface area contributed by atoms with Crippen LogP contribution >= 0.6 is 46.7 Å². The van der Waals surface area contributed by atoms with Gasteiger partial charge in [-0.2, -0.15) is 0 Å². The van der Waals surface area contributed by atoms with Crippen molar-refractivity contribution in [1.29, 1.82) is 0 Å². The van der Waals surface area contributed by atoms with E-state index in [1.807, 2.05) is 6.26 Å². The number of benzene rings is 1. The largest absolute Gasteiger partial charge is 0.478 e. The van der Waals surface area contributed by atoms with Gasteiger partial charge in [0.05, 0.1) is 5.02 Å². The van der Waals surface area contributed by atoms with E-state index in [2.05, 4.69) is 6.58 Å². The van der Waals surface area contributed by atoms with Crippen LogP contribution < -0.4 is 4.74 Å². The SMILES string of the molecule is C=CS/C(=C\C(=O)c1cc2c(c(Cl)c1Cl)OC(C(=O)O)C2)SC. The first kappa shape index (κ1) is 18.3. The lowest BCUT2D eigenvalue weighted by Gasteiger charge is -2.09. The van der Waals surface area contributed by atoms with Gasteiger partial charge in [-0.1, -0.05) is 41.5 Å². The summed E-state index contributed by atoms with van der Waals surface area (Å²) in [5, 5.41) is 10.8. The molecular weight excluding hydrogens is 379 g/mol. The fraction of sp³-hybridized carbons (Fsp3) is 0.200. The number of carbonyl (C=O) groups excluding carboxylic acids is 1. The van der Waals surface area contributed by atoms with Crippen LogP contribution in [0.5, 0.6) is 5.75 Å². The molecule has 2 rings (SSSR count). The molecule has 23 heavy (non-hydrogen) atoms. The molecule has 1 aromatic rings. The molecule has 1 N–H and O–H groups in total. The second-order valence-corrected chi connectivity index (χ2v) is 7.38. The first-order valence-electron chi connectivity index (χ1n) is 6.37. The molecule has 0 spiro atoms. The maximum atomic E-state index is 12.4. The zero-order valence-electron chi connectivity index (χ0n) is 12.0. The van der Waals surface area contributed by atoms with Gasteiger partial charge in [-0.05, 0) is 17.7 Å². The van der Waals surface area contributed by atoms with Crippen molar-refractivity contribution >= 4 is 58.5 Å². The van der Waals surface area contributed by atoms with E-state index in [9.17, 15) is 9.59 Å². The Hall–Kier alpha value is -1.08. The van der Waals surface area contributed by atoms with Crippen molar-refractivity contribution in [2.75, 3.05) is 6.26 Å². The number of allylic oxidation sites excluding steroid dienone is 1.